The zero-order chi connectivity index (χ0) is 14.7. The molecule has 2 nitrogen and oxygen atoms in total. The SMILES string of the molecule is Cc1cc(N2CCCC2)cc(C)c1/C=C/C1CCNCC1. The summed E-state index contributed by atoms with van der Waals surface area (Å²) in [7, 11) is 0. The second-order valence-corrected chi connectivity index (χ2v) is 6.63. The monoisotopic (exact) mass is 284 g/mol. The highest BCUT2D eigenvalue weighted by Crippen LogP contribution is 2.27. The van der Waals surface area contributed by atoms with Crippen molar-refractivity contribution >= 4 is 11.8 Å². The van der Waals surface area contributed by atoms with Crippen molar-refractivity contribution in [3.8, 4) is 0 Å². The average molecular weight is 284 g/mol. The molecule has 0 aromatic heterocycles. The molecular formula is C19H28N2. The van der Waals surface area contributed by atoms with Crippen LogP contribution in [0.15, 0.2) is 18.2 Å². The van der Waals surface area contributed by atoms with E-state index in [1.165, 1.54) is 74.2 Å². The van der Waals surface area contributed by atoms with Crippen molar-refractivity contribution in [3.63, 3.8) is 0 Å². The Morgan fingerprint density at radius 1 is 1.05 bits per heavy atom. The van der Waals surface area contributed by atoms with Gasteiger partial charge in [-0.05, 0) is 87.4 Å². The van der Waals surface area contributed by atoms with Crippen molar-refractivity contribution in [3.05, 3.63) is 34.9 Å². The van der Waals surface area contributed by atoms with Crippen LogP contribution in [0.2, 0.25) is 0 Å². The van der Waals surface area contributed by atoms with Gasteiger partial charge in [0, 0.05) is 18.8 Å². The van der Waals surface area contributed by atoms with Gasteiger partial charge in [-0.25, -0.2) is 0 Å². The fourth-order valence-electron chi connectivity index (χ4n) is 3.64. The molecule has 1 aromatic carbocycles. The average Bonchev–Trinajstić information content (AvgIpc) is 3.01. The maximum absolute atomic E-state index is 3.43. The van der Waals surface area contributed by atoms with Gasteiger partial charge in [0.15, 0.2) is 0 Å². The Balaban J connectivity index is 1.77. The number of benzene rings is 1. The predicted molar refractivity (Wildman–Crippen MR) is 92.0 cm³/mol. The third-order valence-electron chi connectivity index (χ3n) is 4.97. The summed E-state index contributed by atoms with van der Waals surface area (Å²) in [5.41, 5.74) is 5.68. The molecule has 0 unspecified atom stereocenters. The summed E-state index contributed by atoms with van der Waals surface area (Å²) in [5, 5.41) is 3.43. The highest BCUT2D eigenvalue weighted by atomic mass is 15.1. The summed E-state index contributed by atoms with van der Waals surface area (Å²) in [4.78, 5) is 2.53. The number of allylic oxidation sites excluding steroid dienone is 1. The van der Waals surface area contributed by atoms with E-state index >= 15 is 0 Å². The van der Waals surface area contributed by atoms with Gasteiger partial charge in [0.2, 0.25) is 0 Å². The van der Waals surface area contributed by atoms with Gasteiger partial charge in [-0.15, -0.1) is 0 Å². The van der Waals surface area contributed by atoms with Crippen LogP contribution in [-0.4, -0.2) is 26.2 Å². The molecule has 0 radical (unpaired) electrons. The third kappa shape index (κ3) is 3.49. The number of nitrogens with zero attached hydrogens (tertiary/aromatic N) is 1. The van der Waals surface area contributed by atoms with Gasteiger partial charge in [0.1, 0.15) is 0 Å². The predicted octanol–water partition coefficient (Wildman–Crippen LogP) is 3.92. The Morgan fingerprint density at radius 2 is 1.67 bits per heavy atom. The van der Waals surface area contributed by atoms with Crippen LogP contribution in [0.4, 0.5) is 5.69 Å². The van der Waals surface area contributed by atoms with Gasteiger partial charge in [0.05, 0.1) is 0 Å². The van der Waals surface area contributed by atoms with E-state index in [4.69, 9.17) is 0 Å². The molecule has 0 aliphatic carbocycles. The minimum atomic E-state index is 0.753. The topological polar surface area (TPSA) is 15.3 Å². The fourth-order valence-corrected chi connectivity index (χ4v) is 3.64. The summed E-state index contributed by atoms with van der Waals surface area (Å²) in [6.07, 6.45) is 10.0. The Hall–Kier alpha value is -1.28. The third-order valence-corrected chi connectivity index (χ3v) is 4.97. The van der Waals surface area contributed by atoms with Crippen LogP contribution in [0.25, 0.3) is 6.08 Å². The highest BCUT2D eigenvalue weighted by molar-refractivity contribution is 5.64. The minimum Gasteiger partial charge on any atom is -0.372 e. The summed E-state index contributed by atoms with van der Waals surface area (Å²) >= 11 is 0. The van der Waals surface area contributed by atoms with E-state index < -0.39 is 0 Å². The van der Waals surface area contributed by atoms with E-state index in [9.17, 15) is 0 Å². The maximum Gasteiger partial charge on any atom is 0.0371 e. The second kappa shape index (κ2) is 6.65. The molecule has 0 spiro atoms. The van der Waals surface area contributed by atoms with Gasteiger partial charge in [0.25, 0.3) is 0 Å². The van der Waals surface area contributed by atoms with Crippen LogP contribution in [0.3, 0.4) is 0 Å². The van der Waals surface area contributed by atoms with Crippen molar-refractivity contribution in [2.24, 2.45) is 5.92 Å². The normalized spacial score (nSPS) is 20.6. The van der Waals surface area contributed by atoms with E-state index in [-0.39, 0.29) is 0 Å². The fraction of sp³-hybridized carbons (Fsp3) is 0.579. The summed E-state index contributed by atoms with van der Waals surface area (Å²) in [6.45, 7) is 9.30. The van der Waals surface area contributed by atoms with Gasteiger partial charge < -0.3 is 10.2 Å². The molecule has 3 rings (SSSR count). The van der Waals surface area contributed by atoms with Gasteiger partial charge in [-0.1, -0.05) is 12.2 Å². The summed E-state index contributed by atoms with van der Waals surface area (Å²) < 4.78 is 0. The Labute approximate surface area is 129 Å². The second-order valence-electron chi connectivity index (χ2n) is 6.63. The summed E-state index contributed by atoms with van der Waals surface area (Å²) in [5.74, 6) is 0.753. The minimum absolute atomic E-state index is 0.753. The van der Waals surface area contributed by atoms with E-state index in [1.54, 1.807) is 0 Å². The molecule has 1 aromatic rings. The lowest BCUT2D eigenvalue weighted by molar-refractivity contribution is 0.438. The summed E-state index contributed by atoms with van der Waals surface area (Å²) in [6, 6.07) is 4.75. The number of hydrogen-bond donors (Lipinski definition) is 1. The van der Waals surface area contributed by atoms with Gasteiger partial charge in [-0.3, -0.25) is 0 Å². The van der Waals surface area contributed by atoms with Crippen molar-refractivity contribution in [1.82, 2.24) is 5.32 Å². The van der Waals surface area contributed by atoms with Crippen LogP contribution in [-0.2, 0) is 0 Å². The van der Waals surface area contributed by atoms with Crippen LogP contribution < -0.4 is 10.2 Å². The molecule has 114 valence electrons. The molecule has 2 heteroatoms. The lowest BCUT2D eigenvalue weighted by atomic mass is 9.94. The highest BCUT2D eigenvalue weighted by Gasteiger charge is 2.14. The molecule has 21 heavy (non-hydrogen) atoms. The lowest BCUT2D eigenvalue weighted by Crippen LogP contribution is -2.26. The van der Waals surface area contributed by atoms with Crippen LogP contribution in [0.1, 0.15) is 42.4 Å². The van der Waals surface area contributed by atoms with Crippen molar-refractivity contribution < 1.29 is 0 Å². The van der Waals surface area contributed by atoms with Crippen LogP contribution in [0.5, 0.6) is 0 Å². The number of anilines is 1. The molecule has 0 atom stereocenters. The first-order chi connectivity index (χ1) is 10.2. The molecule has 1 N–H and O–H groups in total. The van der Waals surface area contributed by atoms with Crippen LogP contribution >= 0.6 is 0 Å². The number of nitrogens with one attached hydrogen (secondary N) is 1. The first kappa shape index (κ1) is 14.6. The number of hydrogen-bond acceptors (Lipinski definition) is 2. The maximum atomic E-state index is 3.43. The largest absolute Gasteiger partial charge is 0.372 e. The van der Waals surface area contributed by atoms with Crippen molar-refractivity contribution in [2.75, 3.05) is 31.1 Å². The van der Waals surface area contributed by atoms with E-state index in [0.29, 0.717) is 0 Å². The molecule has 2 saturated heterocycles. The molecule has 0 saturated carbocycles. The van der Waals surface area contributed by atoms with E-state index in [2.05, 4.69) is 48.3 Å². The number of rotatable bonds is 3. The van der Waals surface area contributed by atoms with E-state index in [0.717, 1.165) is 5.92 Å². The zero-order valence-electron chi connectivity index (χ0n) is 13.5. The molecule has 2 heterocycles. The van der Waals surface area contributed by atoms with Gasteiger partial charge >= 0.3 is 0 Å². The molecule has 2 aliphatic heterocycles. The van der Waals surface area contributed by atoms with Gasteiger partial charge in [-0.2, -0.15) is 0 Å². The first-order valence-electron chi connectivity index (χ1n) is 8.49. The lowest BCUT2D eigenvalue weighted by Gasteiger charge is -2.21. The molecule has 2 aliphatic rings. The van der Waals surface area contributed by atoms with Crippen molar-refractivity contribution in [1.29, 1.82) is 0 Å². The number of piperidine rings is 1. The molecule has 0 bridgehead atoms. The quantitative estimate of drug-likeness (QED) is 0.905. The van der Waals surface area contributed by atoms with Crippen LogP contribution in [0, 0.1) is 19.8 Å². The molecular weight excluding hydrogens is 256 g/mol. The smallest absolute Gasteiger partial charge is 0.0371 e. The van der Waals surface area contributed by atoms with Crippen molar-refractivity contribution in [2.45, 2.75) is 39.5 Å². The standard InChI is InChI=1S/C19H28N2/c1-15-13-18(21-11-3-4-12-21)14-16(2)19(15)6-5-17-7-9-20-10-8-17/h5-6,13-14,17,20H,3-4,7-12H2,1-2H3/b6-5+. The number of aryl methyl sites for hydroxylation is 2. The molecule has 2 fully saturated rings. The zero-order valence-corrected chi connectivity index (χ0v) is 13.5. The van der Waals surface area contributed by atoms with E-state index in [1.807, 2.05) is 0 Å². The Bertz CT molecular complexity index is 483. The molecule has 0 amide bonds. The first-order valence-corrected chi connectivity index (χ1v) is 8.49. The Kier molecular flexibility index (Phi) is 4.64. The Morgan fingerprint density at radius 3 is 2.29 bits per heavy atom.